The standard InChI is InChI=1S/C17H26N2O4/c1-5-23-17(21)19-14(9-12(2)3)11-18-16(20)13-7-6-8-15(10-13)22-4/h6-8,10,12,14H,5,9,11H2,1-4H3,(H,18,20)(H,19,21)/t14-/m0/s1. The lowest BCUT2D eigenvalue weighted by Crippen LogP contribution is -2.44. The van der Waals surface area contributed by atoms with E-state index in [2.05, 4.69) is 24.5 Å². The molecule has 0 aromatic heterocycles. The number of carbonyl (C=O) groups is 2. The fraction of sp³-hybridized carbons (Fsp3) is 0.529. The van der Waals surface area contributed by atoms with Crippen LogP contribution in [0.25, 0.3) is 0 Å². The molecule has 2 N–H and O–H groups in total. The second-order valence-electron chi connectivity index (χ2n) is 5.63. The number of methoxy groups -OCH3 is 1. The topological polar surface area (TPSA) is 76.7 Å². The molecule has 0 spiro atoms. The van der Waals surface area contributed by atoms with E-state index < -0.39 is 6.09 Å². The van der Waals surface area contributed by atoms with Gasteiger partial charge in [-0.2, -0.15) is 0 Å². The Labute approximate surface area is 137 Å². The van der Waals surface area contributed by atoms with Crippen LogP contribution >= 0.6 is 0 Å². The summed E-state index contributed by atoms with van der Waals surface area (Å²) in [7, 11) is 1.55. The van der Waals surface area contributed by atoms with Crippen molar-refractivity contribution in [2.24, 2.45) is 5.92 Å². The smallest absolute Gasteiger partial charge is 0.407 e. The molecule has 0 fully saturated rings. The van der Waals surface area contributed by atoms with Crippen LogP contribution in [0.2, 0.25) is 0 Å². The number of benzene rings is 1. The highest BCUT2D eigenvalue weighted by Crippen LogP contribution is 2.12. The molecule has 0 saturated heterocycles. The van der Waals surface area contributed by atoms with Crippen LogP contribution in [0.3, 0.4) is 0 Å². The number of nitrogens with one attached hydrogen (secondary N) is 2. The van der Waals surface area contributed by atoms with Gasteiger partial charge in [-0.25, -0.2) is 4.79 Å². The van der Waals surface area contributed by atoms with E-state index in [0.717, 1.165) is 6.42 Å². The van der Waals surface area contributed by atoms with Crippen LogP contribution in [0.15, 0.2) is 24.3 Å². The monoisotopic (exact) mass is 322 g/mol. The van der Waals surface area contributed by atoms with Crippen molar-refractivity contribution in [1.29, 1.82) is 0 Å². The Balaban J connectivity index is 2.61. The molecule has 1 aromatic carbocycles. The van der Waals surface area contributed by atoms with Crippen molar-refractivity contribution >= 4 is 12.0 Å². The van der Waals surface area contributed by atoms with Gasteiger partial charge in [-0.1, -0.05) is 19.9 Å². The second kappa shape index (κ2) is 9.71. The maximum absolute atomic E-state index is 12.2. The van der Waals surface area contributed by atoms with Crippen LogP contribution in [-0.4, -0.2) is 38.3 Å². The first-order chi connectivity index (χ1) is 11.0. The molecule has 2 amide bonds. The maximum atomic E-state index is 12.2. The van der Waals surface area contributed by atoms with Crippen LogP contribution in [-0.2, 0) is 4.74 Å². The molecule has 6 heteroatoms. The van der Waals surface area contributed by atoms with Crippen molar-refractivity contribution in [3.8, 4) is 5.75 Å². The first-order valence-corrected chi connectivity index (χ1v) is 7.81. The minimum atomic E-state index is -0.464. The minimum Gasteiger partial charge on any atom is -0.497 e. The van der Waals surface area contributed by atoms with Crippen LogP contribution in [0.5, 0.6) is 5.75 Å². The highest BCUT2D eigenvalue weighted by molar-refractivity contribution is 5.94. The van der Waals surface area contributed by atoms with E-state index in [9.17, 15) is 9.59 Å². The van der Waals surface area contributed by atoms with Crippen molar-refractivity contribution in [3.63, 3.8) is 0 Å². The summed E-state index contributed by atoms with van der Waals surface area (Å²) in [6.45, 7) is 6.53. The van der Waals surface area contributed by atoms with Gasteiger partial charge in [0.1, 0.15) is 5.75 Å². The zero-order valence-corrected chi connectivity index (χ0v) is 14.2. The van der Waals surface area contributed by atoms with Gasteiger partial charge in [0.2, 0.25) is 0 Å². The van der Waals surface area contributed by atoms with Crippen LogP contribution < -0.4 is 15.4 Å². The molecular weight excluding hydrogens is 296 g/mol. The molecule has 0 aliphatic heterocycles. The highest BCUT2D eigenvalue weighted by Gasteiger charge is 2.16. The summed E-state index contributed by atoms with van der Waals surface area (Å²) in [5.41, 5.74) is 0.517. The van der Waals surface area contributed by atoms with E-state index >= 15 is 0 Å². The Morgan fingerprint density at radius 2 is 2.00 bits per heavy atom. The third-order valence-corrected chi connectivity index (χ3v) is 3.19. The summed E-state index contributed by atoms with van der Waals surface area (Å²) >= 11 is 0. The second-order valence-corrected chi connectivity index (χ2v) is 5.63. The van der Waals surface area contributed by atoms with Gasteiger partial charge >= 0.3 is 6.09 Å². The lowest BCUT2D eigenvalue weighted by molar-refractivity contribution is 0.0944. The predicted molar refractivity (Wildman–Crippen MR) is 88.7 cm³/mol. The zero-order chi connectivity index (χ0) is 17.2. The molecule has 23 heavy (non-hydrogen) atoms. The van der Waals surface area contributed by atoms with Crippen LogP contribution in [0.1, 0.15) is 37.6 Å². The Bertz CT molecular complexity index is 517. The third-order valence-electron chi connectivity index (χ3n) is 3.19. The first-order valence-electron chi connectivity index (χ1n) is 7.81. The SMILES string of the molecule is CCOC(=O)N[C@H](CNC(=O)c1cccc(OC)c1)CC(C)C. The molecule has 128 valence electrons. The van der Waals surface area contributed by atoms with E-state index in [0.29, 0.717) is 30.4 Å². The van der Waals surface area contributed by atoms with E-state index in [1.807, 2.05) is 0 Å². The Morgan fingerprint density at radius 3 is 2.61 bits per heavy atom. The van der Waals surface area contributed by atoms with Crippen molar-refractivity contribution in [2.75, 3.05) is 20.3 Å². The van der Waals surface area contributed by atoms with Gasteiger partial charge in [-0.3, -0.25) is 4.79 Å². The predicted octanol–water partition coefficient (Wildman–Crippen LogP) is 2.59. The first kappa shape index (κ1) is 18.8. The summed E-state index contributed by atoms with van der Waals surface area (Å²) in [6, 6.07) is 6.75. The fourth-order valence-electron chi connectivity index (χ4n) is 2.18. The summed E-state index contributed by atoms with van der Waals surface area (Å²) in [6.07, 6.45) is 0.283. The van der Waals surface area contributed by atoms with Gasteiger partial charge < -0.3 is 20.1 Å². The third kappa shape index (κ3) is 7.04. The minimum absolute atomic E-state index is 0.177. The summed E-state index contributed by atoms with van der Waals surface area (Å²) in [5, 5.41) is 5.62. The summed E-state index contributed by atoms with van der Waals surface area (Å²) in [4.78, 5) is 23.8. The van der Waals surface area contributed by atoms with Crippen molar-refractivity contribution in [1.82, 2.24) is 10.6 Å². The average Bonchev–Trinajstić information content (AvgIpc) is 2.52. The molecule has 0 bridgehead atoms. The number of ether oxygens (including phenoxy) is 2. The molecule has 1 aromatic rings. The molecule has 1 atom stereocenters. The maximum Gasteiger partial charge on any atom is 0.407 e. The van der Waals surface area contributed by atoms with E-state index in [-0.39, 0.29) is 11.9 Å². The van der Waals surface area contributed by atoms with Gasteiger partial charge in [0.05, 0.1) is 13.7 Å². The molecule has 1 rings (SSSR count). The number of alkyl carbamates (subject to hydrolysis) is 1. The van der Waals surface area contributed by atoms with E-state index in [1.54, 1.807) is 38.3 Å². The summed E-state index contributed by atoms with van der Waals surface area (Å²) in [5.74, 6) is 0.806. The van der Waals surface area contributed by atoms with Crippen molar-refractivity contribution in [2.45, 2.75) is 33.2 Å². The number of amides is 2. The van der Waals surface area contributed by atoms with Gasteiger partial charge in [-0.05, 0) is 37.5 Å². The lowest BCUT2D eigenvalue weighted by atomic mass is 10.0. The molecule has 0 heterocycles. The van der Waals surface area contributed by atoms with E-state index in [1.165, 1.54) is 0 Å². The largest absolute Gasteiger partial charge is 0.497 e. The Morgan fingerprint density at radius 1 is 1.26 bits per heavy atom. The number of hydrogen-bond acceptors (Lipinski definition) is 4. The van der Waals surface area contributed by atoms with Crippen LogP contribution in [0.4, 0.5) is 4.79 Å². The fourth-order valence-corrected chi connectivity index (χ4v) is 2.18. The Hall–Kier alpha value is -2.24. The molecular formula is C17H26N2O4. The van der Waals surface area contributed by atoms with Crippen molar-refractivity contribution < 1.29 is 19.1 Å². The molecule has 0 radical (unpaired) electrons. The average molecular weight is 322 g/mol. The Kier molecular flexibility index (Phi) is 7.94. The van der Waals surface area contributed by atoms with Crippen molar-refractivity contribution in [3.05, 3.63) is 29.8 Å². The molecule has 0 aliphatic carbocycles. The molecule has 0 saturated carbocycles. The van der Waals surface area contributed by atoms with Crippen LogP contribution in [0, 0.1) is 5.92 Å². The normalized spacial score (nSPS) is 11.7. The summed E-state index contributed by atoms with van der Waals surface area (Å²) < 4.78 is 10.0. The molecule has 0 unspecified atom stereocenters. The van der Waals surface area contributed by atoms with Gasteiger partial charge in [-0.15, -0.1) is 0 Å². The number of hydrogen-bond donors (Lipinski definition) is 2. The number of carbonyl (C=O) groups excluding carboxylic acids is 2. The lowest BCUT2D eigenvalue weighted by Gasteiger charge is -2.20. The van der Waals surface area contributed by atoms with Gasteiger partial charge in [0, 0.05) is 18.2 Å². The quantitative estimate of drug-likeness (QED) is 0.771. The van der Waals surface area contributed by atoms with Gasteiger partial charge in [0.25, 0.3) is 5.91 Å². The number of rotatable bonds is 8. The zero-order valence-electron chi connectivity index (χ0n) is 14.2. The molecule has 0 aliphatic rings. The highest BCUT2D eigenvalue weighted by atomic mass is 16.5. The molecule has 6 nitrogen and oxygen atoms in total. The van der Waals surface area contributed by atoms with Gasteiger partial charge in [0.15, 0.2) is 0 Å². The van der Waals surface area contributed by atoms with E-state index in [4.69, 9.17) is 9.47 Å².